The van der Waals surface area contributed by atoms with E-state index in [-0.39, 0.29) is 16.0 Å². The van der Waals surface area contributed by atoms with E-state index in [1.807, 2.05) is 0 Å². The number of hydrogen-bond acceptors (Lipinski definition) is 3. The van der Waals surface area contributed by atoms with Gasteiger partial charge in [0.05, 0.1) is 11.5 Å². The van der Waals surface area contributed by atoms with Gasteiger partial charge in [-0.1, -0.05) is 6.07 Å². The molecule has 0 aliphatic heterocycles. The number of benzene rings is 1. The highest BCUT2D eigenvalue weighted by atomic mass is 79.9. The molecule has 18 heavy (non-hydrogen) atoms. The summed E-state index contributed by atoms with van der Waals surface area (Å²) in [6.45, 7) is -1.93. The minimum Gasteiger partial charge on any atom is -0.392 e. The summed E-state index contributed by atoms with van der Waals surface area (Å²) in [5, 5.41) is 8.83. The first-order chi connectivity index (χ1) is 8.15. The largest absolute Gasteiger partial charge is 0.402 e. The molecule has 1 aromatic rings. The molecule has 0 saturated heterocycles. The molecule has 1 aromatic carbocycles. The van der Waals surface area contributed by atoms with E-state index in [0.29, 0.717) is 5.56 Å². The Morgan fingerprint density at radius 1 is 1.33 bits per heavy atom. The van der Waals surface area contributed by atoms with Gasteiger partial charge in [-0.05, 0) is 33.6 Å². The average Bonchev–Trinajstić information content (AvgIpc) is 2.25. The second-order valence-corrected chi connectivity index (χ2v) is 5.95. The van der Waals surface area contributed by atoms with Crippen molar-refractivity contribution in [3.05, 3.63) is 28.2 Å². The number of aliphatic hydroxyl groups excluding tert-OH is 1. The monoisotopic (exact) mass is 347 g/mol. The van der Waals surface area contributed by atoms with Crippen LogP contribution < -0.4 is 4.72 Å². The molecule has 0 heterocycles. The van der Waals surface area contributed by atoms with Crippen LogP contribution in [0.5, 0.6) is 0 Å². The molecule has 0 bridgehead atoms. The van der Waals surface area contributed by atoms with Crippen LogP contribution in [0, 0.1) is 0 Å². The van der Waals surface area contributed by atoms with E-state index in [1.54, 1.807) is 0 Å². The third-order valence-electron chi connectivity index (χ3n) is 1.93. The van der Waals surface area contributed by atoms with E-state index < -0.39 is 22.7 Å². The van der Waals surface area contributed by atoms with Crippen molar-refractivity contribution in [3.8, 4) is 0 Å². The van der Waals surface area contributed by atoms with Gasteiger partial charge in [0.2, 0.25) is 10.0 Å². The zero-order valence-corrected chi connectivity index (χ0v) is 11.2. The Morgan fingerprint density at radius 3 is 2.39 bits per heavy atom. The minimum atomic E-state index is -4.62. The Labute approximate surface area is 110 Å². The van der Waals surface area contributed by atoms with Crippen molar-refractivity contribution in [2.75, 3.05) is 6.54 Å². The first-order valence-electron chi connectivity index (χ1n) is 4.61. The first-order valence-corrected chi connectivity index (χ1v) is 6.89. The van der Waals surface area contributed by atoms with E-state index in [0.717, 1.165) is 6.07 Å². The smallest absolute Gasteiger partial charge is 0.392 e. The number of aliphatic hydroxyl groups is 1. The summed E-state index contributed by atoms with van der Waals surface area (Å²) < 4.78 is 60.6. The number of halogens is 4. The quantitative estimate of drug-likeness (QED) is 0.872. The standard InChI is InChI=1S/C9H9BrF3NO3S/c10-7-3-6(4-15)1-2-8(7)18(16,17)14-5-9(11,12)13/h1-3,14-15H,4-5H2. The highest BCUT2D eigenvalue weighted by Gasteiger charge is 2.30. The van der Waals surface area contributed by atoms with Gasteiger partial charge in [-0.25, -0.2) is 13.1 Å². The van der Waals surface area contributed by atoms with Gasteiger partial charge in [0.15, 0.2) is 0 Å². The maximum absolute atomic E-state index is 11.9. The van der Waals surface area contributed by atoms with Crippen LogP contribution in [-0.2, 0) is 16.6 Å². The molecule has 9 heteroatoms. The van der Waals surface area contributed by atoms with Crippen LogP contribution in [0.1, 0.15) is 5.56 Å². The van der Waals surface area contributed by atoms with Crippen molar-refractivity contribution in [2.45, 2.75) is 17.7 Å². The summed E-state index contributed by atoms with van der Waals surface area (Å²) in [7, 11) is -4.25. The highest BCUT2D eigenvalue weighted by Crippen LogP contribution is 2.24. The fourth-order valence-corrected chi connectivity index (χ4v) is 3.25. The van der Waals surface area contributed by atoms with Gasteiger partial charge in [-0.15, -0.1) is 0 Å². The third kappa shape index (κ3) is 4.23. The molecule has 2 N–H and O–H groups in total. The maximum atomic E-state index is 11.9. The molecule has 0 fully saturated rings. The zero-order chi connectivity index (χ0) is 14.0. The van der Waals surface area contributed by atoms with Crippen LogP contribution in [-0.4, -0.2) is 26.2 Å². The second kappa shape index (κ2) is 5.55. The molecule has 0 aliphatic rings. The SMILES string of the molecule is O=S(=O)(NCC(F)(F)F)c1ccc(CO)cc1Br. The van der Waals surface area contributed by atoms with Gasteiger partial charge in [0.1, 0.15) is 6.54 Å². The predicted molar refractivity (Wildman–Crippen MR) is 61.3 cm³/mol. The van der Waals surface area contributed by atoms with Gasteiger partial charge in [-0.3, -0.25) is 0 Å². The van der Waals surface area contributed by atoms with Gasteiger partial charge >= 0.3 is 6.18 Å². The van der Waals surface area contributed by atoms with Gasteiger partial charge in [0.25, 0.3) is 0 Å². The summed E-state index contributed by atoms with van der Waals surface area (Å²) in [6, 6.07) is 3.75. The van der Waals surface area contributed by atoms with Crippen molar-refractivity contribution in [1.29, 1.82) is 0 Å². The Balaban J connectivity index is 2.99. The van der Waals surface area contributed by atoms with Crippen LogP contribution in [0.15, 0.2) is 27.6 Å². The van der Waals surface area contributed by atoms with Crippen LogP contribution in [0.4, 0.5) is 13.2 Å². The van der Waals surface area contributed by atoms with E-state index in [1.165, 1.54) is 16.9 Å². The van der Waals surface area contributed by atoms with Crippen LogP contribution in [0.3, 0.4) is 0 Å². The summed E-state index contributed by atoms with van der Waals surface area (Å²) in [4.78, 5) is -0.316. The van der Waals surface area contributed by atoms with Crippen LogP contribution in [0.25, 0.3) is 0 Å². The zero-order valence-electron chi connectivity index (χ0n) is 8.83. The molecule has 0 amide bonds. The molecule has 0 aromatic heterocycles. The fraction of sp³-hybridized carbons (Fsp3) is 0.333. The molecule has 0 saturated carbocycles. The molecular weight excluding hydrogens is 339 g/mol. The molecule has 0 aliphatic carbocycles. The number of rotatable bonds is 4. The number of nitrogens with one attached hydrogen (secondary N) is 1. The lowest BCUT2D eigenvalue weighted by atomic mass is 10.2. The lowest BCUT2D eigenvalue weighted by Gasteiger charge is -2.11. The number of alkyl halides is 3. The lowest BCUT2D eigenvalue weighted by molar-refractivity contribution is -0.121. The Morgan fingerprint density at radius 2 is 1.94 bits per heavy atom. The summed E-state index contributed by atoms with van der Waals surface area (Å²) >= 11 is 2.93. The van der Waals surface area contributed by atoms with Crippen molar-refractivity contribution < 1.29 is 26.7 Å². The Kier molecular flexibility index (Phi) is 4.76. The number of sulfonamides is 1. The lowest BCUT2D eigenvalue weighted by Crippen LogP contribution is -2.33. The molecule has 4 nitrogen and oxygen atoms in total. The van der Waals surface area contributed by atoms with Crippen LogP contribution >= 0.6 is 15.9 Å². The topological polar surface area (TPSA) is 66.4 Å². The van der Waals surface area contributed by atoms with Gasteiger partial charge in [-0.2, -0.15) is 13.2 Å². The van der Waals surface area contributed by atoms with Crippen LogP contribution in [0.2, 0.25) is 0 Å². The molecule has 0 spiro atoms. The third-order valence-corrected chi connectivity index (χ3v) is 4.31. The second-order valence-electron chi connectivity index (χ2n) is 3.36. The van der Waals surface area contributed by atoms with Crippen molar-refractivity contribution in [1.82, 2.24) is 4.72 Å². The fourth-order valence-electron chi connectivity index (χ4n) is 1.12. The minimum absolute atomic E-state index is 0.0868. The molecule has 1 rings (SSSR count). The summed E-state index contributed by atoms with van der Waals surface area (Å²) in [6.07, 6.45) is -4.62. The van der Waals surface area contributed by atoms with E-state index in [4.69, 9.17) is 5.11 Å². The van der Waals surface area contributed by atoms with E-state index >= 15 is 0 Å². The molecular formula is C9H9BrF3NO3S. The van der Waals surface area contributed by atoms with Gasteiger partial charge in [0, 0.05) is 4.47 Å². The Bertz CT molecular complexity index is 530. The Hall–Kier alpha value is -0.640. The number of hydrogen-bond donors (Lipinski definition) is 2. The summed E-state index contributed by atoms with van der Waals surface area (Å²) in [5.74, 6) is 0. The molecule has 0 atom stereocenters. The highest BCUT2D eigenvalue weighted by molar-refractivity contribution is 9.10. The van der Waals surface area contributed by atoms with Gasteiger partial charge < -0.3 is 5.11 Å². The van der Waals surface area contributed by atoms with E-state index in [9.17, 15) is 21.6 Å². The molecule has 102 valence electrons. The van der Waals surface area contributed by atoms with Crippen molar-refractivity contribution in [3.63, 3.8) is 0 Å². The normalized spacial score (nSPS) is 12.7. The molecule has 0 unspecified atom stereocenters. The average molecular weight is 348 g/mol. The molecule has 0 radical (unpaired) electrons. The predicted octanol–water partition coefficient (Wildman–Crippen LogP) is 1.78. The summed E-state index contributed by atoms with van der Waals surface area (Å²) in [5.41, 5.74) is 0.441. The first kappa shape index (κ1) is 15.4. The van der Waals surface area contributed by atoms with Crippen molar-refractivity contribution >= 4 is 26.0 Å². The van der Waals surface area contributed by atoms with Crippen molar-refractivity contribution in [2.24, 2.45) is 0 Å². The van der Waals surface area contributed by atoms with E-state index in [2.05, 4.69) is 15.9 Å². The maximum Gasteiger partial charge on any atom is 0.402 e.